The minimum atomic E-state index is -1.32. The zero-order chi connectivity index (χ0) is 15.6. The summed E-state index contributed by atoms with van der Waals surface area (Å²) in [5, 5.41) is 10.5. The van der Waals surface area contributed by atoms with Gasteiger partial charge >= 0.3 is 0 Å². The molecule has 0 spiro atoms. The van der Waals surface area contributed by atoms with Crippen molar-refractivity contribution >= 4 is 0 Å². The summed E-state index contributed by atoms with van der Waals surface area (Å²) in [6.45, 7) is 3.55. The fourth-order valence-corrected chi connectivity index (χ4v) is 2.50. The van der Waals surface area contributed by atoms with E-state index in [0.29, 0.717) is 5.56 Å². The van der Waals surface area contributed by atoms with E-state index in [1.54, 1.807) is 6.07 Å². The zero-order valence-electron chi connectivity index (χ0n) is 12.1. The molecule has 0 radical (unpaired) electrons. The van der Waals surface area contributed by atoms with E-state index in [9.17, 15) is 13.9 Å². The SMILES string of the molecule is Cc1cccc(C(CN)C(O)c2c(F)ccc(C)c2F)c1. The first-order chi connectivity index (χ1) is 9.95. The second-order valence-electron chi connectivity index (χ2n) is 5.29. The molecule has 2 nitrogen and oxygen atoms in total. The van der Waals surface area contributed by atoms with Crippen molar-refractivity contribution in [1.82, 2.24) is 0 Å². The average molecular weight is 291 g/mol. The molecule has 2 unspecified atom stereocenters. The van der Waals surface area contributed by atoms with Crippen LogP contribution in [0, 0.1) is 25.5 Å². The molecule has 21 heavy (non-hydrogen) atoms. The summed E-state index contributed by atoms with van der Waals surface area (Å²) in [5.74, 6) is -2.03. The van der Waals surface area contributed by atoms with E-state index in [0.717, 1.165) is 11.1 Å². The third-order valence-electron chi connectivity index (χ3n) is 3.72. The average Bonchev–Trinajstić information content (AvgIpc) is 2.44. The molecular weight excluding hydrogens is 272 g/mol. The third kappa shape index (κ3) is 3.12. The Hall–Kier alpha value is -1.78. The first kappa shape index (κ1) is 15.6. The largest absolute Gasteiger partial charge is 0.388 e. The summed E-state index contributed by atoms with van der Waals surface area (Å²) >= 11 is 0. The molecule has 0 amide bonds. The standard InChI is InChI=1S/C17H19F2NO/c1-10-4-3-5-12(8-10)13(9-20)17(21)15-14(18)7-6-11(2)16(15)19/h3-8,13,17,21H,9,20H2,1-2H3. The molecule has 2 atom stereocenters. The normalized spacial score (nSPS) is 14.0. The fraction of sp³-hybridized carbons (Fsp3) is 0.294. The summed E-state index contributed by atoms with van der Waals surface area (Å²) in [5.41, 5.74) is 7.48. The van der Waals surface area contributed by atoms with E-state index in [-0.39, 0.29) is 12.1 Å². The van der Waals surface area contributed by atoms with Crippen LogP contribution in [0.4, 0.5) is 8.78 Å². The van der Waals surface area contributed by atoms with E-state index in [4.69, 9.17) is 5.73 Å². The maximum Gasteiger partial charge on any atom is 0.134 e. The minimum Gasteiger partial charge on any atom is -0.388 e. The predicted molar refractivity (Wildman–Crippen MR) is 79.0 cm³/mol. The molecule has 2 rings (SSSR count). The van der Waals surface area contributed by atoms with Crippen LogP contribution in [0.1, 0.15) is 34.3 Å². The van der Waals surface area contributed by atoms with Crippen molar-refractivity contribution in [1.29, 1.82) is 0 Å². The monoisotopic (exact) mass is 291 g/mol. The summed E-state index contributed by atoms with van der Waals surface area (Å²) in [6.07, 6.45) is -1.32. The van der Waals surface area contributed by atoms with Crippen molar-refractivity contribution in [2.75, 3.05) is 6.54 Å². The van der Waals surface area contributed by atoms with Crippen LogP contribution in [-0.4, -0.2) is 11.7 Å². The first-order valence-corrected chi connectivity index (χ1v) is 6.85. The smallest absolute Gasteiger partial charge is 0.134 e. The molecule has 0 bridgehead atoms. The Balaban J connectivity index is 2.46. The fourth-order valence-electron chi connectivity index (χ4n) is 2.50. The number of aliphatic hydroxyl groups excluding tert-OH is 1. The van der Waals surface area contributed by atoms with Crippen molar-refractivity contribution < 1.29 is 13.9 Å². The lowest BCUT2D eigenvalue weighted by atomic mass is 9.87. The van der Waals surface area contributed by atoms with E-state index in [1.807, 2.05) is 25.1 Å². The van der Waals surface area contributed by atoms with Crippen molar-refractivity contribution in [3.05, 3.63) is 70.3 Å². The lowest BCUT2D eigenvalue weighted by Crippen LogP contribution is -2.22. The topological polar surface area (TPSA) is 46.2 Å². The molecule has 0 saturated heterocycles. The highest BCUT2D eigenvalue weighted by atomic mass is 19.1. The van der Waals surface area contributed by atoms with Crippen LogP contribution in [0.2, 0.25) is 0 Å². The number of benzene rings is 2. The van der Waals surface area contributed by atoms with E-state index in [1.165, 1.54) is 19.1 Å². The number of aliphatic hydroxyl groups is 1. The molecule has 0 aliphatic heterocycles. The molecule has 0 heterocycles. The molecule has 4 heteroatoms. The Morgan fingerprint density at radius 2 is 1.86 bits per heavy atom. The lowest BCUT2D eigenvalue weighted by molar-refractivity contribution is 0.138. The highest BCUT2D eigenvalue weighted by Crippen LogP contribution is 2.34. The minimum absolute atomic E-state index is 0.0947. The third-order valence-corrected chi connectivity index (χ3v) is 3.72. The van der Waals surface area contributed by atoms with Gasteiger partial charge in [-0.2, -0.15) is 0 Å². The molecule has 112 valence electrons. The Morgan fingerprint density at radius 1 is 1.14 bits per heavy atom. The number of hydrogen-bond donors (Lipinski definition) is 2. The van der Waals surface area contributed by atoms with E-state index < -0.39 is 23.7 Å². The lowest BCUT2D eigenvalue weighted by Gasteiger charge is -2.24. The molecule has 0 aliphatic carbocycles. The summed E-state index contributed by atoms with van der Waals surface area (Å²) in [7, 11) is 0. The van der Waals surface area contributed by atoms with Gasteiger partial charge in [0.2, 0.25) is 0 Å². The van der Waals surface area contributed by atoms with Gasteiger partial charge in [0.25, 0.3) is 0 Å². The highest BCUT2D eigenvalue weighted by Gasteiger charge is 2.27. The van der Waals surface area contributed by atoms with Crippen molar-refractivity contribution in [2.45, 2.75) is 25.9 Å². The molecule has 0 aromatic heterocycles. The Bertz CT molecular complexity index is 643. The summed E-state index contributed by atoms with van der Waals surface area (Å²) in [6, 6.07) is 9.94. The van der Waals surface area contributed by atoms with Gasteiger partial charge in [-0.15, -0.1) is 0 Å². The van der Waals surface area contributed by atoms with Crippen LogP contribution < -0.4 is 5.73 Å². The number of hydrogen-bond acceptors (Lipinski definition) is 2. The maximum absolute atomic E-state index is 14.2. The summed E-state index contributed by atoms with van der Waals surface area (Å²) in [4.78, 5) is 0. The second-order valence-corrected chi connectivity index (χ2v) is 5.29. The van der Waals surface area contributed by atoms with Gasteiger partial charge < -0.3 is 10.8 Å². The Labute approximate surface area is 123 Å². The second kappa shape index (κ2) is 6.33. The van der Waals surface area contributed by atoms with Gasteiger partial charge in [-0.3, -0.25) is 0 Å². The van der Waals surface area contributed by atoms with Gasteiger partial charge in [-0.05, 0) is 31.0 Å². The Morgan fingerprint density at radius 3 is 2.48 bits per heavy atom. The van der Waals surface area contributed by atoms with Crippen LogP contribution in [0.3, 0.4) is 0 Å². The van der Waals surface area contributed by atoms with Crippen LogP contribution in [0.15, 0.2) is 36.4 Å². The Kier molecular flexibility index (Phi) is 4.70. The molecule has 2 aromatic rings. The highest BCUT2D eigenvalue weighted by molar-refractivity contribution is 5.33. The maximum atomic E-state index is 14.2. The quantitative estimate of drug-likeness (QED) is 0.907. The number of nitrogens with two attached hydrogens (primary N) is 1. The predicted octanol–water partition coefficient (Wildman–Crippen LogP) is 3.36. The number of aryl methyl sites for hydroxylation is 2. The molecular formula is C17H19F2NO. The van der Waals surface area contributed by atoms with E-state index in [2.05, 4.69) is 0 Å². The van der Waals surface area contributed by atoms with Crippen LogP contribution >= 0.6 is 0 Å². The van der Waals surface area contributed by atoms with Gasteiger partial charge in [-0.25, -0.2) is 8.78 Å². The molecule has 2 aromatic carbocycles. The van der Waals surface area contributed by atoms with Crippen LogP contribution in [-0.2, 0) is 0 Å². The van der Waals surface area contributed by atoms with Crippen molar-refractivity contribution in [3.63, 3.8) is 0 Å². The first-order valence-electron chi connectivity index (χ1n) is 6.85. The molecule has 3 N–H and O–H groups in total. The summed E-state index contributed by atoms with van der Waals surface area (Å²) < 4.78 is 28.1. The van der Waals surface area contributed by atoms with Crippen molar-refractivity contribution in [2.24, 2.45) is 5.73 Å². The van der Waals surface area contributed by atoms with Gasteiger partial charge in [0.05, 0.1) is 11.7 Å². The van der Waals surface area contributed by atoms with Crippen LogP contribution in [0.25, 0.3) is 0 Å². The zero-order valence-corrected chi connectivity index (χ0v) is 12.1. The van der Waals surface area contributed by atoms with Gasteiger partial charge in [0, 0.05) is 12.5 Å². The molecule has 0 saturated carbocycles. The van der Waals surface area contributed by atoms with Crippen LogP contribution in [0.5, 0.6) is 0 Å². The molecule has 0 fully saturated rings. The van der Waals surface area contributed by atoms with Crippen molar-refractivity contribution in [3.8, 4) is 0 Å². The van der Waals surface area contributed by atoms with Gasteiger partial charge in [-0.1, -0.05) is 35.9 Å². The number of rotatable bonds is 4. The number of halogens is 2. The molecule has 0 aliphatic rings. The van der Waals surface area contributed by atoms with Gasteiger partial charge in [0.15, 0.2) is 0 Å². The van der Waals surface area contributed by atoms with Gasteiger partial charge in [0.1, 0.15) is 11.6 Å². The van der Waals surface area contributed by atoms with E-state index >= 15 is 0 Å².